The summed E-state index contributed by atoms with van der Waals surface area (Å²) in [6.45, 7) is 3.24. The number of aryl methyl sites for hydroxylation is 1. The molecule has 66 valence electrons. The average Bonchev–Trinajstić information content (AvgIpc) is 2.28. The molecule has 0 aromatic carbocycles. The number of carbonyl (C=O) groups excluding carboxylic acids is 1. The van der Waals surface area contributed by atoms with Gasteiger partial charge in [0.15, 0.2) is 6.73 Å². The minimum atomic E-state index is -0.334. The first-order valence-corrected chi connectivity index (χ1v) is 3.80. The predicted molar refractivity (Wildman–Crippen MR) is 43.7 cm³/mol. The number of halogens is 1. The van der Waals surface area contributed by atoms with E-state index in [4.69, 9.17) is 16.3 Å². The molecule has 0 aliphatic carbocycles. The molecular weight excluding hydrogens is 180 g/mol. The maximum absolute atomic E-state index is 10.4. The Morgan fingerprint density at radius 2 is 2.50 bits per heavy atom. The fourth-order valence-electron chi connectivity index (χ4n) is 0.717. The first kappa shape index (κ1) is 9.06. The third kappa shape index (κ3) is 2.23. The Bertz CT molecular complexity index is 276. The molecule has 0 radical (unpaired) electrons. The molecule has 12 heavy (non-hydrogen) atoms. The van der Waals surface area contributed by atoms with Crippen molar-refractivity contribution in [2.24, 2.45) is 0 Å². The third-order valence-electron chi connectivity index (χ3n) is 1.29. The first-order chi connectivity index (χ1) is 5.59. The summed E-state index contributed by atoms with van der Waals surface area (Å²) in [5.41, 5.74) is 0.726. The van der Waals surface area contributed by atoms with Gasteiger partial charge in [-0.1, -0.05) is 11.6 Å². The van der Waals surface area contributed by atoms with Gasteiger partial charge in [-0.25, -0.2) is 4.68 Å². The molecule has 1 aromatic rings. The summed E-state index contributed by atoms with van der Waals surface area (Å²) in [4.78, 5) is 10.4. The van der Waals surface area contributed by atoms with Gasteiger partial charge in [0.05, 0.1) is 10.7 Å². The number of esters is 1. The Morgan fingerprint density at radius 1 is 1.83 bits per heavy atom. The Morgan fingerprint density at radius 3 is 2.92 bits per heavy atom. The minimum absolute atomic E-state index is 0.114. The maximum Gasteiger partial charge on any atom is 0.304 e. The highest BCUT2D eigenvalue weighted by Crippen LogP contribution is 2.11. The second-order valence-corrected chi connectivity index (χ2v) is 2.77. The van der Waals surface area contributed by atoms with Crippen LogP contribution in [-0.2, 0) is 16.3 Å². The fourth-order valence-corrected chi connectivity index (χ4v) is 0.867. The molecule has 0 aliphatic heterocycles. The van der Waals surface area contributed by atoms with Crippen LogP contribution in [0.15, 0.2) is 6.20 Å². The van der Waals surface area contributed by atoms with Crippen LogP contribution in [0.5, 0.6) is 0 Å². The van der Waals surface area contributed by atoms with E-state index in [1.54, 1.807) is 13.1 Å². The van der Waals surface area contributed by atoms with Gasteiger partial charge in [0.1, 0.15) is 0 Å². The van der Waals surface area contributed by atoms with Crippen molar-refractivity contribution >= 4 is 17.6 Å². The van der Waals surface area contributed by atoms with E-state index >= 15 is 0 Å². The van der Waals surface area contributed by atoms with Gasteiger partial charge in [-0.15, -0.1) is 0 Å². The van der Waals surface area contributed by atoms with E-state index < -0.39 is 0 Å². The van der Waals surface area contributed by atoms with Gasteiger partial charge in [0.25, 0.3) is 0 Å². The average molecular weight is 189 g/mol. The van der Waals surface area contributed by atoms with Crippen LogP contribution >= 0.6 is 11.6 Å². The van der Waals surface area contributed by atoms with Crippen molar-refractivity contribution < 1.29 is 9.53 Å². The summed E-state index contributed by atoms with van der Waals surface area (Å²) in [6.07, 6.45) is 1.61. The molecule has 4 nitrogen and oxygen atoms in total. The topological polar surface area (TPSA) is 44.1 Å². The molecule has 0 fully saturated rings. The number of rotatable bonds is 2. The van der Waals surface area contributed by atoms with Gasteiger partial charge in [0.2, 0.25) is 0 Å². The summed E-state index contributed by atoms with van der Waals surface area (Å²) >= 11 is 5.72. The van der Waals surface area contributed by atoms with Gasteiger partial charge in [-0.3, -0.25) is 4.79 Å². The Labute approximate surface area is 75.1 Å². The third-order valence-corrected chi connectivity index (χ3v) is 1.66. The van der Waals surface area contributed by atoms with E-state index in [-0.39, 0.29) is 12.7 Å². The molecule has 1 aromatic heterocycles. The van der Waals surface area contributed by atoms with Gasteiger partial charge in [-0.05, 0) is 6.92 Å². The molecule has 1 heterocycles. The Hall–Kier alpha value is -1.03. The van der Waals surface area contributed by atoms with Gasteiger partial charge >= 0.3 is 5.97 Å². The van der Waals surface area contributed by atoms with Crippen molar-refractivity contribution in [2.75, 3.05) is 0 Å². The summed E-state index contributed by atoms with van der Waals surface area (Å²) < 4.78 is 6.17. The van der Waals surface area contributed by atoms with Crippen LogP contribution in [0.2, 0.25) is 5.02 Å². The largest absolute Gasteiger partial charge is 0.443 e. The van der Waals surface area contributed by atoms with Gasteiger partial charge < -0.3 is 4.74 Å². The molecule has 0 spiro atoms. The summed E-state index contributed by atoms with van der Waals surface area (Å²) in [7, 11) is 0. The Kier molecular flexibility index (Phi) is 2.70. The zero-order valence-electron chi connectivity index (χ0n) is 6.87. The zero-order chi connectivity index (χ0) is 9.14. The fraction of sp³-hybridized carbons (Fsp3) is 0.429. The van der Waals surface area contributed by atoms with Crippen LogP contribution in [0.4, 0.5) is 0 Å². The van der Waals surface area contributed by atoms with E-state index in [1.165, 1.54) is 11.6 Å². The lowest BCUT2D eigenvalue weighted by Crippen LogP contribution is -2.06. The molecule has 0 unspecified atom stereocenters. The molecule has 1 rings (SSSR count). The van der Waals surface area contributed by atoms with E-state index in [0.717, 1.165) is 5.69 Å². The molecule has 0 saturated heterocycles. The lowest BCUT2D eigenvalue weighted by Gasteiger charge is -1.99. The molecule has 0 atom stereocenters. The normalized spacial score (nSPS) is 9.92. The van der Waals surface area contributed by atoms with Gasteiger partial charge in [-0.2, -0.15) is 5.10 Å². The van der Waals surface area contributed by atoms with Crippen LogP contribution < -0.4 is 0 Å². The number of hydrogen-bond acceptors (Lipinski definition) is 3. The number of hydrogen-bond donors (Lipinski definition) is 0. The quantitative estimate of drug-likeness (QED) is 0.659. The molecule has 5 heteroatoms. The summed E-state index contributed by atoms with van der Waals surface area (Å²) in [6, 6.07) is 0. The standard InChI is InChI=1S/C7H9ClN2O2/c1-5-7(8)3-10(9-5)4-12-6(2)11/h3H,4H2,1-2H3. The van der Waals surface area contributed by atoms with Crippen molar-refractivity contribution in [3.8, 4) is 0 Å². The van der Waals surface area contributed by atoms with Crippen LogP contribution in [0.25, 0.3) is 0 Å². The van der Waals surface area contributed by atoms with Crippen LogP contribution in [0, 0.1) is 6.92 Å². The number of ether oxygens (including phenoxy) is 1. The smallest absolute Gasteiger partial charge is 0.304 e. The maximum atomic E-state index is 10.4. The highest BCUT2D eigenvalue weighted by Gasteiger charge is 2.01. The molecule has 0 aliphatic rings. The highest BCUT2D eigenvalue weighted by atomic mass is 35.5. The van der Waals surface area contributed by atoms with E-state index in [9.17, 15) is 4.79 Å². The molecule has 0 bridgehead atoms. The van der Waals surface area contributed by atoms with Crippen molar-refractivity contribution in [3.63, 3.8) is 0 Å². The van der Waals surface area contributed by atoms with Crippen molar-refractivity contribution in [2.45, 2.75) is 20.6 Å². The Balaban J connectivity index is 2.58. The van der Waals surface area contributed by atoms with Crippen molar-refractivity contribution in [1.29, 1.82) is 0 Å². The van der Waals surface area contributed by atoms with E-state index in [1.807, 2.05) is 0 Å². The number of carbonyl (C=O) groups is 1. The van der Waals surface area contributed by atoms with Crippen LogP contribution in [-0.4, -0.2) is 15.7 Å². The monoisotopic (exact) mass is 188 g/mol. The second-order valence-electron chi connectivity index (χ2n) is 2.37. The number of aromatic nitrogens is 2. The summed E-state index contributed by atoms with van der Waals surface area (Å²) in [5, 5.41) is 4.56. The minimum Gasteiger partial charge on any atom is -0.443 e. The van der Waals surface area contributed by atoms with Gasteiger partial charge in [0, 0.05) is 13.1 Å². The predicted octanol–water partition coefficient (Wildman–Crippen LogP) is 1.37. The van der Waals surface area contributed by atoms with Crippen molar-refractivity contribution in [1.82, 2.24) is 9.78 Å². The van der Waals surface area contributed by atoms with E-state index in [2.05, 4.69) is 5.10 Å². The second kappa shape index (κ2) is 3.58. The van der Waals surface area contributed by atoms with Crippen LogP contribution in [0.3, 0.4) is 0 Å². The zero-order valence-corrected chi connectivity index (χ0v) is 7.63. The number of nitrogens with zero attached hydrogens (tertiary/aromatic N) is 2. The lowest BCUT2D eigenvalue weighted by molar-refractivity contribution is -0.145. The lowest BCUT2D eigenvalue weighted by atomic mass is 10.5. The molecule has 0 amide bonds. The first-order valence-electron chi connectivity index (χ1n) is 3.42. The van der Waals surface area contributed by atoms with Crippen LogP contribution in [0.1, 0.15) is 12.6 Å². The molecule has 0 N–H and O–H groups in total. The summed E-state index contributed by atoms with van der Waals surface area (Å²) in [5.74, 6) is -0.334. The molecular formula is C7H9ClN2O2. The highest BCUT2D eigenvalue weighted by molar-refractivity contribution is 6.31. The SMILES string of the molecule is CC(=O)OCn1cc(Cl)c(C)n1. The van der Waals surface area contributed by atoms with Crippen molar-refractivity contribution in [3.05, 3.63) is 16.9 Å². The van der Waals surface area contributed by atoms with E-state index in [0.29, 0.717) is 5.02 Å². The molecule has 0 saturated carbocycles.